The molecule has 13 atom stereocenters. The highest BCUT2D eigenvalue weighted by molar-refractivity contribution is 5.73. The molecule has 0 aromatic heterocycles. The van der Waals surface area contributed by atoms with E-state index >= 15 is 0 Å². The molecule has 4 rings (SSSR count). The molecule has 4 aliphatic heterocycles. The van der Waals surface area contributed by atoms with Crippen molar-refractivity contribution in [1.82, 2.24) is 4.90 Å². The first-order valence-corrected chi connectivity index (χ1v) is 17.6. The lowest BCUT2D eigenvalue weighted by Gasteiger charge is -2.36. The molecule has 0 radical (unpaired) electrons. The lowest BCUT2D eigenvalue weighted by molar-refractivity contribution is -0.175. The quantitative estimate of drug-likeness (QED) is 0.282. The van der Waals surface area contributed by atoms with Crippen molar-refractivity contribution in [2.24, 2.45) is 23.7 Å². The molecular formula is C35H61NO7. The summed E-state index contributed by atoms with van der Waals surface area (Å²) in [5, 5.41) is 0. The molecule has 0 unspecified atom stereocenters. The third-order valence-electron chi connectivity index (χ3n) is 11.0. The minimum absolute atomic E-state index is 0.0175. The van der Waals surface area contributed by atoms with E-state index in [1.54, 1.807) is 0 Å². The van der Waals surface area contributed by atoms with Gasteiger partial charge in [0.05, 0.1) is 48.5 Å². The van der Waals surface area contributed by atoms with E-state index in [0.717, 1.165) is 70.6 Å². The Hall–Kier alpha value is -1.22. The molecule has 8 nitrogen and oxygen atoms in total. The summed E-state index contributed by atoms with van der Waals surface area (Å²) in [6, 6.07) is 0.509. The largest absolute Gasteiger partial charge is 0.462 e. The summed E-state index contributed by atoms with van der Waals surface area (Å²) >= 11 is 0. The Kier molecular flexibility index (Phi) is 12.8. The van der Waals surface area contributed by atoms with Gasteiger partial charge in [-0.2, -0.15) is 0 Å². The number of cyclic esters (lactones) is 2. The molecule has 4 heterocycles. The van der Waals surface area contributed by atoms with Gasteiger partial charge in [-0.1, -0.05) is 40.5 Å². The van der Waals surface area contributed by atoms with Crippen molar-refractivity contribution in [2.75, 3.05) is 14.1 Å². The first-order valence-electron chi connectivity index (χ1n) is 17.6. The van der Waals surface area contributed by atoms with Crippen LogP contribution < -0.4 is 0 Å². The highest BCUT2D eigenvalue weighted by Crippen LogP contribution is 2.39. The predicted molar refractivity (Wildman–Crippen MR) is 167 cm³/mol. The van der Waals surface area contributed by atoms with E-state index in [2.05, 4.69) is 46.7 Å². The van der Waals surface area contributed by atoms with Crippen LogP contribution in [-0.4, -0.2) is 85.8 Å². The topological polar surface area (TPSA) is 83.5 Å². The monoisotopic (exact) mass is 607 g/mol. The summed E-state index contributed by atoms with van der Waals surface area (Å²) in [7, 11) is 4.32. The molecule has 0 aliphatic carbocycles. The van der Waals surface area contributed by atoms with Crippen molar-refractivity contribution < 1.29 is 33.3 Å². The fourth-order valence-corrected chi connectivity index (χ4v) is 8.01. The van der Waals surface area contributed by atoms with E-state index in [0.29, 0.717) is 12.5 Å². The fourth-order valence-electron chi connectivity index (χ4n) is 8.01. The van der Waals surface area contributed by atoms with Crippen LogP contribution >= 0.6 is 0 Å². The summed E-state index contributed by atoms with van der Waals surface area (Å²) in [6.07, 6.45) is 10.3. The number of carbonyl (C=O) groups excluding carboxylic acids is 2. The molecule has 4 saturated heterocycles. The number of hydrogen-bond acceptors (Lipinski definition) is 8. The van der Waals surface area contributed by atoms with Gasteiger partial charge in [0.2, 0.25) is 0 Å². The summed E-state index contributed by atoms with van der Waals surface area (Å²) in [5.74, 6) is -1.08. The van der Waals surface area contributed by atoms with Crippen LogP contribution in [0.25, 0.3) is 0 Å². The van der Waals surface area contributed by atoms with Gasteiger partial charge in [-0.15, -0.1) is 0 Å². The van der Waals surface area contributed by atoms with Gasteiger partial charge in [-0.3, -0.25) is 9.59 Å². The van der Waals surface area contributed by atoms with Crippen molar-refractivity contribution in [3.63, 3.8) is 0 Å². The number of hydrogen-bond donors (Lipinski definition) is 0. The smallest absolute Gasteiger partial charge is 0.311 e. The summed E-state index contributed by atoms with van der Waals surface area (Å²) in [4.78, 5) is 29.3. The van der Waals surface area contributed by atoms with E-state index in [-0.39, 0.29) is 84.4 Å². The van der Waals surface area contributed by atoms with E-state index in [1.807, 2.05) is 13.8 Å². The predicted octanol–water partition coefficient (Wildman–Crippen LogP) is 6.32. The minimum Gasteiger partial charge on any atom is -0.462 e. The fraction of sp³-hybridized carbons (Fsp3) is 0.943. The van der Waals surface area contributed by atoms with Crippen LogP contribution in [0.3, 0.4) is 0 Å². The molecule has 0 N–H and O–H groups in total. The maximum Gasteiger partial charge on any atom is 0.311 e. The Balaban J connectivity index is 1.51. The lowest BCUT2D eigenvalue weighted by atomic mass is 9.84. The Morgan fingerprint density at radius 2 is 1.42 bits per heavy atom. The number of nitrogens with zero attached hydrogens (tertiary/aromatic N) is 1. The van der Waals surface area contributed by atoms with Crippen molar-refractivity contribution >= 4 is 11.9 Å². The average molecular weight is 608 g/mol. The first-order chi connectivity index (χ1) is 20.5. The highest BCUT2D eigenvalue weighted by atomic mass is 16.6. The number of fused-ring (bicyclic) bond motifs is 4. The SMILES string of the molecule is CCC[C@H]1C[C@@H]2CC[C@@H](O2)[C@@H](C)C(=O)O[C@@H]([C@@H](C)[C@H]2CC[C@@H](C[C@@H](CCC)N(C)C)O2)[C@H](C)[C@@H]2CC[C@@H](O2)[C@@H](C)C(=O)O1. The molecule has 4 aliphatic rings. The van der Waals surface area contributed by atoms with Gasteiger partial charge in [-0.05, 0) is 85.7 Å². The molecule has 8 heteroatoms. The molecule has 43 heavy (non-hydrogen) atoms. The second-order valence-electron chi connectivity index (χ2n) is 14.5. The van der Waals surface area contributed by atoms with Crippen molar-refractivity contribution in [3.05, 3.63) is 0 Å². The first kappa shape index (κ1) is 34.6. The number of rotatable bonds is 9. The molecule has 0 aromatic rings. The standard InChI is InChI=1S/C35H61NO7/c1-9-11-25(36(7)8)19-27-13-15-29(39-27)21(3)33-22(4)30-17-18-32(42-30)24(6)34(37)41-26(12-10-2)20-28-14-16-31(40-28)23(5)35(38)43-33/h21-33H,9-20H2,1-8H3/t21-,22+,23+,24+,25+,26-,27-,28-,29+,30-,31+,32+,33-/m0/s1. The number of esters is 2. The van der Waals surface area contributed by atoms with Crippen molar-refractivity contribution in [1.29, 1.82) is 0 Å². The number of ether oxygens (including phenoxy) is 5. The summed E-state index contributed by atoms with van der Waals surface area (Å²) in [6.45, 7) is 12.6. The number of carbonyl (C=O) groups is 2. The van der Waals surface area contributed by atoms with Gasteiger partial charge < -0.3 is 28.6 Å². The lowest BCUT2D eigenvalue weighted by Crippen LogP contribution is -2.44. The zero-order valence-corrected chi connectivity index (χ0v) is 28.3. The average Bonchev–Trinajstić information content (AvgIpc) is 3.75. The molecule has 0 saturated carbocycles. The maximum atomic E-state index is 13.7. The molecule has 0 spiro atoms. The van der Waals surface area contributed by atoms with Crippen LogP contribution in [0.15, 0.2) is 0 Å². The molecule has 0 aromatic carbocycles. The van der Waals surface area contributed by atoms with Crippen molar-refractivity contribution in [3.8, 4) is 0 Å². The van der Waals surface area contributed by atoms with Gasteiger partial charge >= 0.3 is 11.9 Å². The van der Waals surface area contributed by atoms with Crippen LogP contribution in [0, 0.1) is 23.7 Å². The summed E-state index contributed by atoms with van der Waals surface area (Å²) in [5.41, 5.74) is 0. The molecular weight excluding hydrogens is 546 g/mol. The van der Waals surface area contributed by atoms with Gasteiger partial charge in [0, 0.05) is 24.3 Å². The third-order valence-corrected chi connectivity index (χ3v) is 11.0. The molecule has 4 fully saturated rings. The van der Waals surface area contributed by atoms with Crippen LogP contribution in [-0.2, 0) is 33.3 Å². The van der Waals surface area contributed by atoms with Gasteiger partial charge in [0.15, 0.2) is 0 Å². The Morgan fingerprint density at radius 1 is 0.767 bits per heavy atom. The van der Waals surface area contributed by atoms with Crippen molar-refractivity contribution in [2.45, 2.75) is 173 Å². The van der Waals surface area contributed by atoms with E-state index in [9.17, 15) is 9.59 Å². The zero-order chi connectivity index (χ0) is 31.3. The van der Waals surface area contributed by atoms with Crippen LogP contribution in [0.5, 0.6) is 0 Å². The Morgan fingerprint density at radius 3 is 2.09 bits per heavy atom. The second kappa shape index (κ2) is 15.9. The van der Waals surface area contributed by atoms with E-state index in [4.69, 9.17) is 23.7 Å². The van der Waals surface area contributed by atoms with Crippen LogP contribution in [0.1, 0.15) is 119 Å². The maximum absolute atomic E-state index is 13.7. The van der Waals surface area contributed by atoms with E-state index in [1.165, 1.54) is 0 Å². The van der Waals surface area contributed by atoms with Gasteiger partial charge in [0.25, 0.3) is 0 Å². The third kappa shape index (κ3) is 8.74. The molecule has 0 amide bonds. The molecule has 248 valence electrons. The normalized spacial score (nSPS) is 40.8. The zero-order valence-electron chi connectivity index (χ0n) is 28.3. The second-order valence-corrected chi connectivity index (χ2v) is 14.5. The van der Waals surface area contributed by atoms with Crippen LogP contribution in [0.4, 0.5) is 0 Å². The minimum atomic E-state index is -0.364. The summed E-state index contributed by atoms with van der Waals surface area (Å²) < 4.78 is 32.2. The van der Waals surface area contributed by atoms with Gasteiger partial charge in [0.1, 0.15) is 12.2 Å². The Bertz CT molecular complexity index is 897. The molecule has 4 bridgehead atoms. The Labute approximate surface area is 261 Å². The van der Waals surface area contributed by atoms with Crippen LogP contribution in [0.2, 0.25) is 0 Å². The highest BCUT2D eigenvalue weighted by Gasteiger charge is 2.46. The van der Waals surface area contributed by atoms with E-state index < -0.39 is 0 Å². The van der Waals surface area contributed by atoms with Gasteiger partial charge in [-0.25, -0.2) is 0 Å².